The Morgan fingerprint density at radius 3 is 2.71 bits per heavy atom. The molecule has 0 aromatic heterocycles. The van der Waals surface area contributed by atoms with E-state index in [0.29, 0.717) is 5.75 Å². The number of phenols is 1. The maximum absolute atomic E-state index is 10.0. The summed E-state index contributed by atoms with van der Waals surface area (Å²) in [6, 6.07) is 6.26. The Morgan fingerprint density at radius 1 is 1.18 bits per heavy atom. The van der Waals surface area contributed by atoms with Gasteiger partial charge < -0.3 is 10.8 Å². The fourth-order valence-corrected chi connectivity index (χ4v) is 3.90. The Labute approximate surface area is 103 Å². The van der Waals surface area contributed by atoms with E-state index in [1.165, 1.54) is 37.7 Å². The van der Waals surface area contributed by atoms with Crippen molar-refractivity contribution in [1.29, 1.82) is 0 Å². The predicted octanol–water partition coefficient (Wildman–Crippen LogP) is 2.87. The molecule has 2 heteroatoms. The van der Waals surface area contributed by atoms with Crippen molar-refractivity contribution in [3.8, 4) is 5.75 Å². The van der Waals surface area contributed by atoms with Gasteiger partial charge in [-0.1, -0.05) is 31.4 Å². The van der Waals surface area contributed by atoms with Crippen molar-refractivity contribution in [2.24, 2.45) is 5.73 Å². The topological polar surface area (TPSA) is 46.2 Å². The lowest BCUT2D eigenvalue weighted by Crippen LogP contribution is -2.49. The predicted molar refractivity (Wildman–Crippen MR) is 69.2 cm³/mol. The Hall–Kier alpha value is -1.02. The highest BCUT2D eigenvalue weighted by Crippen LogP contribution is 2.48. The normalized spacial score (nSPS) is 26.8. The second-order valence-electron chi connectivity index (χ2n) is 5.67. The summed E-state index contributed by atoms with van der Waals surface area (Å²) < 4.78 is 0. The van der Waals surface area contributed by atoms with Crippen LogP contribution >= 0.6 is 0 Å². The van der Waals surface area contributed by atoms with Gasteiger partial charge in [-0.2, -0.15) is 0 Å². The number of benzene rings is 1. The molecule has 1 saturated carbocycles. The van der Waals surface area contributed by atoms with Crippen molar-refractivity contribution in [2.45, 2.75) is 56.4 Å². The highest BCUT2D eigenvalue weighted by Gasteiger charge is 2.43. The van der Waals surface area contributed by atoms with E-state index < -0.39 is 0 Å². The van der Waals surface area contributed by atoms with Crippen LogP contribution < -0.4 is 5.73 Å². The zero-order chi connectivity index (χ0) is 11.9. The summed E-state index contributed by atoms with van der Waals surface area (Å²) in [5, 5.41) is 10.0. The molecule has 1 aromatic carbocycles. The monoisotopic (exact) mass is 231 g/mol. The Balaban J connectivity index is 2.12. The lowest BCUT2D eigenvalue weighted by Gasteiger charge is -2.46. The molecule has 1 fully saturated rings. The average Bonchev–Trinajstić information content (AvgIpc) is 2.36. The smallest absolute Gasteiger partial charge is 0.119 e. The summed E-state index contributed by atoms with van der Waals surface area (Å²) in [4.78, 5) is 0. The SMILES string of the molecule is NC1CCc2c(O)cccc2C12CCCCC2. The van der Waals surface area contributed by atoms with E-state index in [1.54, 1.807) is 0 Å². The molecule has 0 radical (unpaired) electrons. The molecule has 0 saturated heterocycles. The molecular formula is C15H21NO. The molecule has 3 rings (SSSR count). The van der Waals surface area contributed by atoms with E-state index in [9.17, 15) is 5.11 Å². The third kappa shape index (κ3) is 1.58. The van der Waals surface area contributed by atoms with E-state index >= 15 is 0 Å². The number of aromatic hydroxyl groups is 1. The lowest BCUT2D eigenvalue weighted by molar-refractivity contribution is 0.219. The Bertz CT molecular complexity index is 421. The van der Waals surface area contributed by atoms with Gasteiger partial charge in [-0.3, -0.25) is 0 Å². The third-order valence-corrected chi connectivity index (χ3v) is 4.85. The molecule has 1 aromatic rings. The van der Waals surface area contributed by atoms with E-state index in [-0.39, 0.29) is 11.5 Å². The van der Waals surface area contributed by atoms with Gasteiger partial charge in [-0.05, 0) is 42.9 Å². The summed E-state index contributed by atoms with van der Waals surface area (Å²) in [5.41, 5.74) is 9.09. The molecule has 1 atom stereocenters. The molecule has 3 N–H and O–H groups in total. The maximum Gasteiger partial charge on any atom is 0.119 e. The van der Waals surface area contributed by atoms with E-state index in [0.717, 1.165) is 18.4 Å². The molecule has 0 bridgehead atoms. The number of fused-ring (bicyclic) bond motifs is 2. The zero-order valence-corrected chi connectivity index (χ0v) is 10.3. The van der Waals surface area contributed by atoms with Crippen LogP contribution in [0.1, 0.15) is 49.7 Å². The van der Waals surface area contributed by atoms with Crippen LogP contribution in [0.4, 0.5) is 0 Å². The summed E-state index contributed by atoms with van der Waals surface area (Å²) >= 11 is 0. The highest BCUT2D eigenvalue weighted by atomic mass is 16.3. The Kier molecular flexibility index (Phi) is 2.62. The highest BCUT2D eigenvalue weighted by molar-refractivity contribution is 5.46. The number of rotatable bonds is 0. The van der Waals surface area contributed by atoms with Gasteiger partial charge in [0.1, 0.15) is 5.75 Å². The molecule has 2 nitrogen and oxygen atoms in total. The van der Waals surface area contributed by atoms with E-state index in [4.69, 9.17) is 5.73 Å². The standard InChI is InChI=1S/C15H21NO/c16-14-8-7-11-12(5-4-6-13(11)17)15(14)9-2-1-3-10-15/h4-6,14,17H,1-3,7-10,16H2. The summed E-state index contributed by atoms with van der Waals surface area (Å²) in [6.45, 7) is 0. The van der Waals surface area contributed by atoms with E-state index in [2.05, 4.69) is 6.07 Å². The fraction of sp³-hybridized carbons (Fsp3) is 0.600. The van der Waals surface area contributed by atoms with Gasteiger partial charge in [0.15, 0.2) is 0 Å². The minimum Gasteiger partial charge on any atom is -0.508 e. The first-order valence-corrected chi connectivity index (χ1v) is 6.81. The number of phenolic OH excluding ortho intramolecular Hbond substituents is 1. The van der Waals surface area contributed by atoms with Crippen LogP contribution in [0.5, 0.6) is 5.75 Å². The van der Waals surface area contributed by atoms with Gasteiger partial charge >= 0.3 is 0 Å². The number of hydrogen-bond acceptors (Lipinski definition) is 2. The van der Waals surface area contributed by atoms with Crippen molar-refractivity contribution in [1.82, 2.24) is 0 Å². The van der Waals surface area contributed by atoms with Crippen molar-refractivity contribution in [2.75, 3.05) is 0 Å². The molecule has 92 valence electrons. The molecule has 0 amide bonds. The van der Waals surface area contributed by atoms with Gasteiger partial charge in [-0.15, -0.1) is 0 Å². The second-order valence-corrected chi connectivity index (χ2v) is 5.67. The van der Waals surface area contributed by atoms with Crippen LogP contribution in [0.15, 0.2) is 18.2 Å². The van der Waals surface area contributed by atoms with Gasteiger partial charge in [0.2, 0.25) is 0 Å². The van der Waals surface area contributed by atoms with Gasteiger partial charge in [-0.25, -0.2) is 0 Å². The summed E-state index contributed by atoms with van der Waals surface area (Å²) in [7, 11) is 0. The minimum atomic E-state index is 0.157. The first-order valence-electron chi connectivity index (χ1n) is 6.81. The van der Waals surface area contributed by atoms with Crippen molar-refractivity contribution < 1.29 is 5.11 Å². The molecule has 1 spiro atoms. The Morgan fingerprint density at radius 2 is 1.94 bits per heavy atom. The number of hydrogen-bond donors (Lipinski definition) is 2. The van der Waals surface area contributed by atoms with Gasteiger partial charge in [0.05, 0.1) is 0 Å². The van der Waals surface area contributed by atoms with E-state index in [1.807, 2.05) is 12.1 Å². The summed E-state index contributed by atoms with van der Waals surface area (Å²) in [5.74, 6) is 0.472. The third-order valence-electron chi connectivity index (χ3n) is 4.85. The molecular weight excluding hydrogens is 210 g/mol. The number of nitrogens with two attached hydrogens (primary N) is 1. The quantitative estimate of drug-likeness (QED) is 0.721. The minimum absolute atomic E-state index is 0.157. The van der Waals surface area contributed by atoms with Crippen molar-refractivity contribution in [3.05, 3.63) is 29.3 Å². The molecule has 2 aliphatic carbocycles. The molecule has 0 aliphatic heterocycles. The molecule has 0 heterocycles. The first kappa shape index (κ1) is 11.1. The zero-order valence-electron chi connectivity index (χ0n) is 10.3. The van der Waals surface area contributed by atoms with Crippen molar-refractivity contribution >= 4 is 0 Å². The fourth-order valence-electron chi connectivity index (χ4n) is 3.90. The van der Waals surface area contributed by atoms with Crippen LogP contribution in [0.3, 0.4) is 0 Å². The lowest BCUT2D eigenvalue weighted by atomic mass is 9.60. The van der Waals surface area contributed by atoms with Gasteiger partial charge in [0.25, 0.3) is 0 Å². The van der Waals surface area contributed by atoms with Gasteiger partial charge in [0, 0.05) is 11.5 Å². The second kappa shape index (κ2) is 4.02. The van der Waals surface area contributed by atoms with Crippen molar-refractivity contribution in [3.63, 3.8) is 0 Å². The average molecular weight is 231 g/mol. The summed E-state index contributed by atoms with van der Waals surface area (Å²) in [6.07, 6.45) is 8.25. The van der Waals surface area contributed by atoms with Crippen LogP contribution in [-0.4, -0.2) is 11.1 Å². The van der Waals surface area contributed by atoms with Crippen LogP contribution in [0.2, 0.25) is 0 Å². The molecule has 17 heavy (non-hydrogen) atoms. The van der Waals surface area contributed by atoms with Crippen LogP contribution in [-0.2, 0) is 11.8 Å². The first-order chi connectivity index (χ1) is 8.24. The van der Waals surface area contributed by atoms with Crippen LogP contribution in [0, 0.1) is 0 Å². The van der Waals surface area contributed by atoms with Crippen LogP contribution in [0.25, 0.3) is 0 Å². The largest absolute Gasteiger partial charge is 0.508 e. The molecule has 1 unspecified atom stereocenters. The maximum atomic E-state index is 10.0. The molecule has 2 aliphatic rings.